The van der Waals surface area contributed by atoms with Crippen molar-refractivity contribution in [2.45, 2.75) is 36.4 Å². The number of hydrogen-bond donors (Lipinski definition) is 2. The van der Waals surface area contributed by atoms with Crippen LogP contribution in [0.2, 0.25) is 0 Å². The van der Waals surface area contributed by atoms with E-state index < -0.39 is 0 Å². The molecule has 6 aromatic rings. The van der Waals surface area contributed by atoms with Crippen LogP contribution in [0.4, 0.5) is 11.4 Å². The lowest BCUT2D eigenvalue weighted by atomic mass is 9.96. The van der Waals surface area contributed by atoms with Gasteiger partial charge in [0.15, 0.2) is 8.68 Å². The van der Waals surface area contributed by atoms with Gasteiger partial charge in [0, 0.05) is 11.4 Å². The number of anilines is 2. The summed E-state index contributed by atoms with van der Waals surface area (Å²) in [6, 6.07) is 23.5. The Morgan fingerprint density at radius 1 is 0.646 bits per heavy atom. The minimum absolute atomic E-state index is 0.0882. The van der Waals surface area contributed by atoms with Crippen molar-refractivity contribution in [1.29, 1.82) is 0 Å². The lowest BCUT2D eigenvalue weighted by Gasteiger charge is -2.14. The average Bonchev–Trinajstić information content (AvgIpc) is 3.67. The monoisotopic (exact) mass is 714 g/mol. The Morgan fingerprint density at radius 2 is 1.08 bits per heavy atom. The minimum Gasteiger partial charge on any atom is -0.494 e. The first-order chi connectivity index (χ1) is 23.3. The first-order valence-electron chi connectivity index (χ1n) is 15.4. The number of aryl methyl sites for hydroxylation is 2. The number of carbonyl (C=O) groups excluding carboxylic acids is 2. The molecule has 12 heteroatoms. The van der Waals surface area contributed by atoms with E-state index >= 15 is 0 Å². The number of carbonyl (C=O) groups is 2. The third-order valence-electron chi connectivity index (χ3n) is 7.27. The Morgan fingerprint density at radius 3 is 1.48 bits per heavy atom. The van der Waals surface area contributed by atoms with Crippen LogP contribution in [0.25, 0.3) is 31.6 Å². The van der Waals surface area contributed by atoms with Crippen LogP contribution in [0.5, 0.6) is 11.5 Å². The summed E-state index contributed by atoms with van der Waals surface area (Å²) in [6.07, 6.45) is 0. The second-order valence-electron chi connectivity index (χ2n) is 10.8. The number of thioether (sulfide) groups is 2. The van der Waals surface area contributed by atoms with Crippen molar-refractivity contribution in [2.24, 2.45) is 0 Å². The molecule has 8 nitrogen and oxygen atoms in total. The lowest BCUT2D eigenvalue weighted by Crippen LogP contribution is -2.14. The highest BCUT2D eigenvalue weighted by Crippen LogP contribution is 2.34. The summed E-state index contributed by atoms with van der Waals surface area (Å²) in [5, 5.41) is 6.03. The maximum atomic E-state index is 12.8. The van der Waals surface area contributed by atoms with Crippen molar-refractivity contribution in [1.82, 2.24) is 9.97 Å². The van der Waals surface area contributed by atoms with Gasteiger partial charge in [0.05, 0.1) is 45.2 Å². The number of fused-ring (bicyclic) bond motifs is 2. The smallest absolute Gasteiger partial charge is 0.234 e. The van der Waals surface area contributed by atoms with Crippen LogP contribution in [0.1, 0.15) is 25.0 Å². The Balaban J connectivity index is 1.02. The largest absolute Gasteiger partial charge is 0.494 e. The quantitative estimate of drug-likeness (QED) is 0.114. The van der Waals surface area contributed by atoms with Gasteiger partial charge in [-0.1, -0.05) is 35.7 Å². The van der Waals surface area contributed by atoms with E-state index in [2.05, 4.69) is 20.6 Å². The summed E-state index contributed by atoms with van der Waals surface area (Å²) in [7, 11) is 0. The van der Waals surface area contributed by atoms with Gasteiger partial charge in [-0.2, -0.15) is 0 Å². The van der Waals surface area contributed by atoms with Crippen molar-refractivity contribution in [2.75, 3.05) is 35.4 Å². The van der Waals surface area contributed by atoms with Crippen molar-refractivity contribution >= 4 is 89.8 Å². The number of amides is 2. The summed E-state index contributed by atoms with van der Waals surface area (Å²) in [4.78, 5) is 34.8. The molecule has 0 aliphatic carbocycles. The van der Waals surface area contributed by atoms with Crippen LogP contribution >= 0.6 is 46.2 Å². The van der Waals surface area contributed by atoms with Gasteiger partial charge in [0.1, 0.15) is 11.5 Å². The van der Waals surface area contributed by atoms with Crippen LogP contribution in [0.3, 0.4) is 0 Å². The van der Waals surface area contributed by atoms with Crippen LogP contribution in [0.15, 0.2) is 81.5 Å². The van der Waals surface area contributed by atoms with E-state index in [0.717, 1.165) is 74.2 Å². The van der Waals surface area contributed by atoms with Gasteiger partial charge in [0.25, 0.3) is 0 Å². The number of nitrogens with zero attached hydrogens (tertiary/aromatic N) is 2. The molecule has 0 atom stereocenters. The molecule has 0 bridgehead atoms. The molecule has 48 heavy (non-hydrogen) atoms. The van der Waals surface area contributed by atoms with Crippen molar-refractivity contribution in [3.05, 3.63) is 83.9 Å². The zero-order valence-electron chi connectivity index (χ0n) is 26.9. The molecule has 2 heterocycles. The van der Waals surface area contributed by atoms with Crippen molar-refractivity contribution in [3.8, 4) is 22.6 Å². The third-order valence-corrected chi connectivity index (χ3v) is 11.6. The molecule has 2 aromatic heterocycles. The molecule has 2 N–H and O–H groups in total. The Hall–Kier alpha value is -4.10. The number of ether oxygens (including phenoxy) is 2. The van der Waals surface area contributed by atoms with Crippen LogP contribution < -0.4 is 20.1 Å². The van der Waals surface area contributed by atoms with Crippen LogP contribution in [-0.2, 0) is 9.59 Å². The van der Waals surface area contributed by atoms with E-state index in [4.69, 9.17) is 9.47 Å². The van der Waals surface area contributed by atoms with E-state index in [0.29, 0.717) is 13.2 Å². The molecule has 246 valence electrons. The molecule has 0 spiro atoms. The highest BCUT2D eigenvalue weighted by atomic mass is 32.2. The summed E-state index contributed by atoms with van der Waals surface area (Å²) < 4.78 is 14.9. The highest BCUT2D eigenvalue weighted by Gasteiger charge is 2.13. The number of rotatable bonds is 13. The second kappa shape index (κ2) is 15.4. The average molecular weight is 715 g/mol. The SMILES string of the molecule is CCOc1ccc2nc(SCC(=O)Nc3ccc(-c4ccc(NC(=O)CSc5nc6ccc(OCC)cc6s5)cc4C)c(C)c3)sc2c1. The maximum absolute atomic E-state index is 12.8. The van der Waals surface area contributed by atoms with Crippen LogP contribution in [-0.4, -0.2) is 46.5 Å². The van der Waals surface area contributed by atoms with E-state index in [1.54, 1.807) is 22.7 Å². The summed E-state index contributed by atoms with van der Waals surface area (Å²) in [5.41, 5.74) is 7.51. The van der Waals surface area contributed by atoms with Gasteiger partial charge in [0.2, 0.25) is 11.8 Å². The Bertz CT molecular complexity index is 1960. The first kappa shape index (κ1) is 33.8. The van der Waals surface area contributed by atoms with E-state index in [1.807, 2.05) is 100 Å². The lowest BCUT2D eigenvalue weighted by molar-refractivity contribution is -0.114. The molecule has 2 amide bonds. The summed E-state index contributed by atoms with van der Waals surface area (Å²) in [6.45, 7) is 9.21. The fourth-order valence-corrected chi connectivity index (χ4v) is 8.93. The number of hydrogen-bond acceptors (Lipinski definition) is 10. The van der Waals surface area contributed by atoms with Gasteiger partial charge in [-0.3, -0.25) is 9.59 Å². The predicted octanol–water partition coefficient (Wildman–Crippen LogP) is 9.45. The van der Waals surface area contributed by atoms with E-state index in [9.17, 15) is 9.59 Å². The standard InChI is InChI=1S/C36H34N4O4S4/c1-5-43-25-9-13-29-31(17-25)47-35(39-29)45-19-33(41)37-23-7-11-27(21(3)15-23)28-12-8-24(16-22(28)4)38-34(42)20-46-36-40-30-14-10-26(44-6-2)18-32(30)48-36/h7-18H,5-6,19-20H2,1-4H3,(H,37,41)(H,38,42). The molecule has 0 saturated heterocycles. The highest BCUT2D eigenvalue weighted by molar-refractivity contribution is 8.02. The fourth-order valence-electron chi connectivity index (χ4n) is 5.14. The van der Waals surface area contributed by atoms with Crippen molar-refractivity contribution < 1.29 is 19.1 Å². The number of benzene rings is 4. The molecule has 4 aromatic carbocycles. The van der Waals surface area contributed by atoms with Gasteiger partial charge in [-0.25, -0.2) is 9.97 Å². The predicted molar refractivity (Wildman–Crippen MR) is 202 cm³/mol. The number of aromatic nitrogens is 2. The summed E-state index contributed by atoms with van der Waals surface area (Å²) in [5.74, 6) is 2.00. The van der Waals surface area contributed by atoms with Crippen molar-refractivity contribution in [3.63, 3.8) is 0 Å². The van der Waals surface area contributed by atoms with Gasteiger partial charge < -0.3 is 20.1 Å². The summed E-state index contributed by atoms with van der Waals surface area (Å²) >= 11 is 5.97. The third kappa shape index (κ3) is 8.30. The maximum Gasteiger partial charge on any atom is 0.234 e. The molecular formula is C36H34N4O4S4. The number of thiazole rings is 2. The molecule has 0 radical (unpaired) electrons. The topological polar surface area (TPSA) is 102 Å². The molecule has 6 rings (SSSR count). The van der Waals surface area contributed by atoms with E-state index in [1.165, 1.54) is 23.5 Å². The Labute approximate surface area is 295 Å². The zero-order valence-corrected chi connectivity index (χ0v) is 30.2. The normalized spacial score (nSPS) is 11.2. The van der Waals surface area contributed by atoms with Gasteiger partial charge >= 0.3 is 0 Å². The zero-order chi connectivity index (χ0) is 33.6. The van der Waals surface area contributed by atoms with Gasteiger partial charge in [-0.05, 0) is 111 Å². The molecule has 0 aliphatic heterocycles. The van der Waals surface area contributed by atoms with E-state index in [-0.39, 0.29) is 23.3 Å². The fraction of sp³-hybridized carbons (Fsp3) is 0.222. The second-order valence-corrected chi connectivity index (χ2v) is 15.3. The Kier molecular flexibility index (Phi) is 10.9. The molecule has 0 saturated carbocycles. The number of nitrogens with one attached hydrogen (secondary N) is 2. The first-order valence-corrected chi connectivity index (χ1v) is 19.0. The molecular weight excluding hydrogens is 681 g/mol. The minimum atomic E-state index is -0.0882. The molecule has 0 aliphatic rings. The molecule has 0 unspecified atom stereocenters. The van der Waals surface area contributed by atoms with Crippen LogP contribution in [0, 0.1) is 13.8 Å². The molecule has 0 fully saturated rings. The van der Waals surface area contributed by atoms with Gasteiger partial charge in [-0.15, -0.1) is 22.7 Å².